The van der Waals surface area contributed by atoms with Gasteiger partial charge in [-0.05, 0) is 48.7 Å². The molecule has 0 radical (unpaired) electrons. The number of aromatic nitrogens is 2. The Hall–Kier alpha value is -3.78. The number of benzene rings is 2. The summed E-state index contributed by atoms with van der Waals surface area (Å²) in [5, 5.41) is 0.166. The van der Waals surface area contributed by atoms with E-state index < -0.39 is 15.3 Å². The molecule has 1 aliphatic rings. The zero-order valence-corrected chi connectivity index (χ0v) is 19.5. The number of carbonyl (C=O) groups is 1. The fourth-order valence-electron chi connectivity index (χ4n) is 4.33. The van der Waals surface area contributed by atoms with E-state index in [1.165, 1.54) is 28.5 Å². The number of carbonyl (C=O) groups excluding carboxylic acids is 1. The number of aryl methyl sites for hydroxylation is 1. The normalized spacial score (nSPS) is 13.6. The second-order valence-electron chi connectivity index (χ2n) is 8.42. The molecule has 5 rings (SSSR count). The number of hydrogen-bond acceptors (Lipinski definition) is 5. The molecule has 2 aromatic carbocycles. The lowest BCUT2D eigenvalue weighted by Gasteiger charge is -2.29. The van der Waals surface area contributed by atoms with E-state index in [9.17, 15) is 18.0 Å². The van der Waals surface area contributed by atoms with Crippen LogP contribution >= 0.6 is 0 Å². The molecule has 3 heterocycles. The lowest BCUT2D eigenvalue weighted by molar-refractivity contribution is -0.132. The van der Waals surface area contributed by atoms with Crippen molar-refractivity contribution in [3.8, 4) is 0 Å². The topological polar surface area (TPSA) is 89.3 Å². The minimum atomic E-state index is -4.08. The molecular weight excluding hydrogens is 450 g/mol. The van der Waals surface area contributed by atoms with Gasteiger partial charge in [0.2, 0.25) is 21.2 Å². The number of pyridine rings is 2. The van der Waals surface area contributed by atoms with Crippen LogP contribution in [0.2, 0.25) is 0 Å². The standard InChI is InChI=1S/C26H23N3O4S/c1-18-11-12-22-25(31)23(34(32,33)21-9-3-2-4-10-21)16-29(26(22)27-18)17-24(30)28-14-13-19-7-5-6-8-20(19)15-28/h2-12,16H,13-15,17H2,1H3. The molecule has 172 valence electrons. The Bertz CT molecular complexity index is 1580. The van der Waals surface area contributed by atoms with Crippen molar-refractivity contribution >= 4 is 26.8 Å². The molecule has 0 fully saturated rings. The van der Waals surface area contributed by atoms with Gasteiger partial charge in [-0.15, -0.1) is 0 Å². The van der Waals surface area contributed by atoms with Gasteiger partial charge in [-0.2, -0.15) is 0 Å². The van der Waals surface area contributed by atoms with Gasteiger partial charge in [0.15, 0.2) is 0 Å². The zero-order chi connectivity index (χ0) is 23.9. The van der Waals surface area contributed by atoms with Gasteiger partial charge in [0.25, 0.3) is 0 Å². The number of hydrogen-bond donors (Lipinski definition) is 0. The molecule has 0 aliphatic carbocycles. The van der Waals surface area contributed by atoms with Crippen molar-refractivity contribution in [2.24, 2.45) is 0 Å². The van der Waals surface area contributed by atoms with Gasteiger partial charge in [0.05, 0.1) is 10.3 Å². The van der Waals surface area contributed by atoms with E-state index in [0.717, 1.165) is 12.0 Å². The van der Waals surface area contributed by atoms with Crippen LogP contribution in [0.15, 0.2) is 87.5 Å². The van der Waals surface area contributed by atoms with Crippen molar-refractivity contribution in [2.45, 2.75) is 36.2 Å². The molecule has 8 heteroatoms. The van der Waals surface area contributed by atoms with Crippen LogP contribution in [0.1, 0.15) is 16.8 Å². The minimum absolute atomic E-state index is 0.0250. The third-order valence-electron chi connectivity index (χ3n) is 6.16. The Kier molecular flexibility index (Phi) is 5.53. The summed E-state index contributed by atoms with van der Waals surface area (Å²) in [5.74, 6) is -0.161. The lowest BCUT2D eigenvalue weighted by atomic mass is 10.00. The molecular formula is C26H23N3O4S. The first kappa shape index (κ1) is 22.0. The highest BCUT2D eigenvalue weighted by Gasteiger charge is 2.26. The Morgan fingerprint density at radius 3 is 2.44 bits per heavy atom. The van der Waals surface area contributed by atoms with Gasteiger partial charge in [-0.3, -0.25) is 9.59 Å². The van der Waals surface area contributed by atoms with E-state index in [4.69, 9.17) is 0 Å². The molecule has 7 nitrogen and oxygen atoms in total. The molecule has 1 aliphatic heterocycles. The van der Waals surface area contributed by atoms with Crippen LogP contribution in [0.4, 0.5) is 0 Å². The molecule has 34 heavy (non-hydrogen) atoms. The highest BCUT2D eigenvalue weighted by Crippen LogP contribution is 2.22. The summed E-state index contributed by atoms with van der Waals surface area (Å²) in [6.45, 7) is 2.74. The average Bonchev–Trinajstić information content (AvgIpc) is 2.85. The van der Waals surface area contributed by atoms with Crippen LogP contribution in [-0.4, -0.2) is 35.3 Å². The highest BCUT2D eigenvalue weighted by molar-refractivity contribution is 7.91. The van der Waals surface area contributed by atoms with Crippen molar-refractivity contribution in [3.63, 3.8) is 0 Å². The Labute approximate surface area is 197 Å². The second kappa shape index (κ2) is 8.53. The number of nitrogens with zero attached hydrogens (tertiary/aromatic N) is 3. The number of fused-ring (bicyclic) bond motifs is 2. The summed E-state index contributed by atoms with van der Waals surface area (Å²) in [6.07, 6.45) is 2.02. The first-order valence-corrected chi connectivity index (χ1v) is 12.5. The fourth-order valence-corrected chi connectivity index (χ4v) is 5.72. The molecule has 4 aromatic rings. The summed E-state index contributed by atoms with van der Waals surface area (Å²) in [6, 6.07) is 19.1. The fraction of sp³-hybridized carbons (Fsp3) is 0.192. The van der Waals surface area contributed by atoms with E-state index in [2.05, 4.69) is 11.1 Å². The Balaban J connectivity index is 1.58. The summed E-state index contributed by atoms with van der Waals surface area (Å²) >= 11 is 0. The number of amides is 1. The monoisotopic (exact) mass is 473 g/mol. The van der Waals surface area contributed by atoms with Gasteiger partial charge in [-0.25, -0.2) is 13.4 Å². The summed E-state index contributed by atoms with van der Waals surface area (Å²) in [7, 11) is -4.08. The van der Waals surface area contributed by atoms with Crippen molar-refractivity contribution in [3.05, 3.63) is 100.0 Å². The Morgan fingerprint density at radius 2 is 1.68 bits per heavy atom. The second-order valence-corrected chi connectivity index (χ2v) is 10.3. The molecule has 0 bridgehead atoms. The largest absolute Gasteiger partial charge is 0.336 e. The molecule has 2 aromatic heterocycles. The predicted octanol–water partition coefficient (Wildman–Crippen LogP) is 3.12. The maximum absolute atomic E-state index is 13.3. The molecule has 0 saturated carbocycles. The van der Waals surface area contributed by atoms with Crippen LogP contribution in [-0.2, 0) is 34.1 Å². The van der Waals surface area contributed by atoms with E-state index in [1.54, 1.807) is 42.2 Å². The zero-order valence-electron chi connectivity index (χ0n) is 18.6. The third-order valence-corrected chi connectivity index (χ3v) is 7.92. The van der Waals surface area contributed by atoms with Crippen LogP contribution < -0.4 is 5.43 Å². The predicted molar refractivity (Wildman–Crippen MR) is 128 cm³/mol. The van der Waals surface area contributed by atoms with E-state index in [1.807, 2.05) is 18.2 Å². The molecule has 0 atom stereocenters. The van der Waals surface area contributed by atoms with Gasteiger partial charge >= 0.3 is 0 Å². The van der Waals surface area contributed by atoms with Gasteiger partial charge in [0.1, 0.15) is 17.1 Å². The van der Waals surface area contributed by atoms with Crippen molar-refractivity contribution in [1.82, 2.24) is 14.5 Å². The molecule has 0 spiro atoms. The first-order chi connectivity index (χ1) is 16.3. The van der Waals surface area contributed by atoms with E-state index >= 15 is 0 Å². The number of sulfone groups is 1. The quantitative estimate of drug-likeness (QED) is 0.454. The van der Waals surface area contributed by atoms with Crippen molar-refractivity contribution in [2.75, 3.05) is 6.54 Å². The molecule has 1 amide bonds. The third kappa shape index (κ3) is 3.90. The van der Waals surface area contributed by atoms with Crippen LogP contribution in [0.5, 0.6) is 0 Å². The summed E-state index contributed by atoms with van der Waals surface area (Å²) in [5.41, 5.74) is 2.67. The average molecular weight is 474 g/mol. The molecule has 0 unspecified atom stereocenters. The lowest BCUT2D eigenvalue weighted by Crippen LogP contribution is -2.38. The SMILES string of the molecule is Cc1ccc2c(=O)c(S(=O)(=O)c3ccccc3)cn(CC(=O)N3CCc4ccccc4C3)c2n1. The maximum atomic E-state index is 13.3. The summed E-state index contributed by atoms with van der Waals surface area (Å²) in [4.78, 5) is 32.4. The smallest absolute Gasteiger partial charge is 0.242 e. The van der Waals surface area contributed by atoms with Gasteiger partial charge in [-0.1, -0.05) is 42.5 Å². The molecule has 0 saturated heterocycles. The highest BCUT2D eigenvalue weighted by atomic mass is 32.2. The Morgan fingerprint density at radius 1 is 0.971 bits per heavy atom. The maximum Gasteiger partial charge on any atom is 0.242 e. The van der Waals surface area contributed by atoms with Crippen molar-refractivity contribution < 1.29 is 13.2 Å². The van der Waals surface area contributed by atoms with Crippen molar-refractivity contribution in [1.29, 1.82) is 0 Å². The van der Waals surface area contributed by atoms with Crippen LogP contribution in [0.25, 0.3) is 11.0 Å². The van der Waals surface area contributed by atoms with Gasteiger partial charge < -0.3 is 9.47 Å². The van der Waals surface area contributed by atoms with E-state index in [0.29, 0.717) is 24.4 Å². The van der Waals surface area contributed by atoms with Crippen LogP contribution in [0, 0.1) is 6.92 Å². The summed E-state index contributed by atoms with van der Waals surface area (Å²) < 4.78 is 28.1. The minimum Gasteiger partial charge on any atom is -0.336 e. The van der Waals surface area contributed by atoms with Gasteiger partial charge in [0, 0.05) is 25.0 Å². The van der Waals surface area contributed by atoms with Crippen LogP contribution in [0.3, 0.4) is 0 Å². The van der Waals surface area contributed by atoms with E-state index in [-0.39, 0.29) is 27.6 Å². The number of rotatable bonds is 4. The molecule has 0 N–H and O–H groups in total. The first-order valence-electron chi connectivity index (χ1n) is 11.0.